The lowest BCUT2D eigenvalue weighted by molar-refractivity contribution is 0.107. The maximum Gasteiger partial charge on any atom is 0.191 e. The highest BCUT2D eigenvalue weighted by Crippen LogP contribution is 2.17. The zero-order valence-corrected chi connectivity index (χ0v) is 18.3. The fraction of sp³-hybridized carbons (Fsp3) is 0.409. The maximum absolute atomic E-state index is 5.84. The molecule has 4 nitrogen and oxygen atoms in total. The molecule has 1 aliphatic carbocycles. The second kappa shape index (κ2) is 12.0. The average Bonchev–Trinajstić information content (AvgIpc) is 3.19. The molecule has 0 unspecified atom stereocenters. The van der Waals surface area contributed by atoms with Crippen LogP contribution in [-0.2, 0) is 24.5 Å². The number of hydrogen-bond acceptors (Lipinski definition) is 2. The van der Waals surface area contributed by atoms with Crippen molar-refractivity contribution in [2.45, 2.75) is 51.5 Å². The van der Waals surface area contributed by atoms with E-state index in [1.807, 2.05) is 25.2 Å². The van der Waals surface area contributed by atoms with Crippen LogP contribution < -0.4 is 10.6 Å². The normalized spacial score (nSPS) is 14.6. The molecule has 0 radical (unpaired) electrons. The molecule has 5 heteroatoms. The molecule has 2 aromatic rings. The van der Waals surface area contributed by atoms with Gasteiger partial charge in [-0.1, -0.05) is 67.4 Å². The standard InChI is InChI=1S/C22H29N3O.HI/c1-23-22(25-21-12-5-6-13-21)24-15-19-10-7-11-20(14-19)17-26-16-18-8-3-2-4-9-18;/h2-4,7-11,14,21H,5-6,12-13,15-17H2,1H3,(H2,23,24,25);1H. The zero-order valence-electron chi connectivity index (χ0n) is 16.0. The zero-order chi connectivity index (χ0) is 18.0. The number of ether oxygens (including phenoxy) is 1. The van der Waals surface area contributed by atoms with Crippen LogP contribution >= 0.6 is 24.0 Å². The SMILES string of the molecule is CN=C(NCc1cccc(COCc2ccccc2)c1)NC1CCCC1.I. The fourth-order valence-electron chi connectivity index (χ4n) is 3.33. The van der Waals surface area contributed by atoms with E-state index < -0.39 is 0 Å². The smallest absolute Gasteiger partial charge is 0.191 e. The molecule has 0 spiro atoms. The Bertz CT molecular complexity index is 700. The Hall–Kier alpha value is -1.60. The maximum atomic E-state index is 5.84. The largest absolute Gasteiger partial charge is 0.372 e. The molecule has 146 valence electrons. The third-order valence-electron chi connectivity index (χ3n) is 4.75. The van der Waals surface area contributed by atoms with Gasteiger partial charge in [-0.2, -0.15) is 0 Å². The van der Waals surface area contributed by atoms with E-state index in [1.54, 1.807) is 0 Å². The summed E-state index contributed by atoms with van der Waals surface area (Å²) in [5.74, 6) is 0.891. The lowest BCUT2D eigenvalue weighted by Gasteiger charge is -2.17. The molecule has 1 saturated carbocycles. The van der Waals surface area contributed by atoms with Gasteiger partial charge in [0.05, 0.1) is 13.2 Å². The van der Waals surface area contributed by atoms with Gasteiger partial charge >= 0.3 is 0 Å². The highest BCUT2D eigenvalue weighted by molar-refractivity contribution is 14.0. The predicted molar refractivity (Wildman–Crippen MR) is 122 cm³/mol. The van der Waals surface area contributed by atoms with Crippen molar-refractivity contribution in [2.75, 3.05) is 7.05 Å². The van der Waals surface area contributed by atoms with Gasteiger partial charge in [-0.15, -0.1) is 24.0 Å². The summed E-state index contributed by atoms with van der Waals surface area (Å²) in [6.45, 7) is 2.03. The van der Waals surface area contributed by atoms with E-state index in [9.17, 15) is 0 Å². The van der Waals surface area contributed by atoms with Crippen LogP contribution in [0, 0.1) is 0 Å². The van der Waals surface area contributed by atoms with Crippen molar-refractivity contribution >= 4 is 29.9 Å². The van der Waals surface area contributed by atoms with Crippen LogP contribution in [0.4, 0.5) is 0 Å². The number of aliphatic imine (C=N–C) groups is 1. The number of rotatable bonds is 7. The second-order valence-electron chi connectivity index (χ2n) is 6.85. The molecular formula is C22H30IN3O. The minimum atomic E-state index is 0. The van der Waals surface area contributed by atoms with Crippen molar-refractivity contribution in [3.8, 4) is 0 Å². The van der Waals surface area contributed by atoms with Crippen molar-refractivity contribution in [3.05, 3.63) is 71.3 Å². The van der Waals surface area contributed by atoms with Crippen molar-refractivity contribution in [2.24, 2.45) is 4.99 Å². The Morgan fingerprint density at radius 2 is 1.63 bits per heavy atom. The molecule has 0 atom stereocenters. The minimum absolute atomic E-state index is 0. The first kappa shape index (κ1) is 21.7. The summed E-state index contributed by atoms with van der Waals surface area (Å²) in [4.78, 5) is 4.34. The average molecular weight is 479 g/mol. The molecule has 0 aliphatic heterocycles. The Labute approximate surface area is 179 Å². The van der Waals surface area contributed by atoms with Gasteiger partial charge in [0, 0.05) is 19.6 Å². The number of nitrogens with zero attached hydrogens (tertiary/aromatic N) is 1. The molecule has 0 bridgehead atoms. The van der Waals surface area contributed by atoms with Gasteiger partial charge in [0.1, 0.15) is 0 Å². The summed E-state index contributed by atoms with van der Waals surface area (Å²) in [6, 6.07) is 19.4. The highest BCUT2D eigenvalue weighted by Gasteiger charge is 2.15. The molecule has 1 fully saturated rings. The Balaban J connectivity index is 0.00000261. The summed E-state index contributed by atoms with van der Waals surface area (Å²) in [5.41, 5.74) is 3.63. The third-order valence-corrected chi connectivity index (χ3v) is 4.75. The number of nitrogens with one attached hydrogen (secondary N) is 2. The van der Waals surface area contributed by atoms with Crippen molar-refractivity contribution < 1.29 is 4.74 Å². The van der Waals surface area contributed by atoms with Crippen LogP contribution in [0.3, 0.4) is 0 Å². The Morgan fingerprint density at radius 1 is 0.963 bits per heavy atom. The van der Waals surface area contributed by atoms with Gasteiger partial charge in [-0.05, 0) is 29.5 Å². The van der Waals surface area contributed by atoms with Crippen LogP contribution in [0.1, 0.15) is 42.4 Å². The van der Waals surface area contributed by atoms with E-state index in [1.165, 1.54) is 42.4 Å². The molecule has 0 aromatic heterocycles. The quantitative estimate of drug-likeness (QED) is 0.346. The predicted octanol–water partition coefficient (Wildman–Crippen LogP) is 4.63. The number of halogens is 1. The number of guanidine groups is 1. The molecule has 2 aromatic carbocycles. The lowest BCUT2D eigenvalue weighted by atomic mass is 10.1. The number of benzene rings is 2. The van der Waals surface area contributed by atoms with Gasteiger partial charge in [0.25, 0.3) is 0 Å². The molecule has 0 amide bonds. The van der Waals surface area contributed by atoms with Gasteiger partial charge in [-0.25, -0.2) is 0 Å². The molecule has 27 heavy (non-hydrogen) atoms. The Kier molecular flexibility index (Phi) is 9.62. The molecule has 1 aliphatic rings. The van der Waals surface area contributed by atoms with Crippen molar-refractivity contribution in [3.63, 3.8) is 0 Å². The first-order chi connectivity index (χ1) is 12.8. The lowest BCUT2D eigenvalue weighted by Crippen LogP contribution is -2.41. The first-order valence-corrected chi connectivity index (χ1v) is 9.50. The van der Waals surface area contributed by atoms with Crippen LogP contribution in [0.5, 0.6) is 0 Å². The number of hydrogen-bond donors (Lipinski definition) is 2. The van der Waals surface area contributed by atoms with E-state index in [4.69, 9.17) is 4.74 Å². The van der Waals surface area contributed by atoms with E-state index in [0.29, 0.717) is 19.3 Å². The molecule has 0 heterocycles. The van der Waals surface area contributed by atoms with Crippen molar-refractivity contribution in [1.82, 2.24) is 10.6 Å². The molecular weight excluding hydrogens is 449 g/mol. The van der Waals surface area contributed by atoms with Crippen LogP contribution in [0.25, 0.3) is 0 Å². The summed E-state index contributed by atoms with van der Waals surface area (Å²) >= 11 is 0. The van der Waals surface area contributed by atoms with Crippen LogP contribution in [0.2, 0.25) is 0 Å². The molecule has 0 saturated heterocycles. The van der Waals surface area contributed by atoms with Crippen LogP contribution in [0.15, 0.2) is 59.6 Å². The second-order valence-corrected chi connectivity index (χ2v) is 6.85. The monoisotopic (exact) mass is 479 g/mol. The summed E-state index contributed by atoms with van der Waals surface area (Å²) < 4.78 is 5.84. The first-order valence-electron chi connectivity index (χ1n) is 9.50. The molecule has 3 rings (SSSR count). The molecule has 2 N–H and O–H groups in total. The Morgan fingerprint density at radius 3 is 2.37 bits per heavy atom. The van der Waals surface area contributed by atoms with Gasteiger partial charge < -0.3 is 15.4 Å². The minimum Gasteiger partial charge on any atom is -0.372 e. The van der Waals surface area contributed by atoms with E-state index in [2.05, 4.69) is 52.0 Å². The van der Waals surface area contributed by atoms with Gasteiger partial charge in [-0.3, -0.25) is 4.99 Å². The third kappa shape index (κ3) is 7.50. The highest BCUT2D eigenvalue weighted by atomic mass is 127. The summed E-state index contributed by atoms with van der Waals surface area (Å²) in [6.07, 6.45) is 5.13. The van der Waals surface area contributed by atoms with E-state index in [-0.39, 0.29) is 24.0 Å². The topological polar surface area (TPSA) is 45.7 Å². The van der Waals surface area contributed by atoms with E-state index in [0.717, 1.165) is 12.5 Å². The van der Waals surface area contributed by atoms with Crippen LogP contribution in [-0.4, -0.2) is 19.0 Å². The van der Waals surface area contributed by atoms with E-state index >= 15 is 0 Å². The van der Waals surface area contributed by atoms with Crippen molar-refractivity contribution in [1.29, 1.82) is 0 Å². The fourth-order valence-corrected chi connectivity index (χ4v) is 3.33. The van der Waals surface area contributed by atoms with Gasteiger partial charge in [0.2, 0.25) is 0 Å². The van der Waals surface area contributed by atoms with Gasteiger partial charge in [0.15, 0.2) is 5.96 Å². The summed E-state index contributed by atoms with van der Waals surface area (Å²) in [5, 5.41) is 6.94. The summed E-state index contributed by atoms with van der Waals surface area (Å²) in [7, 11) is 1.83.